The van der Waals surface area contributed by atoms with Gasteiger partial charge in [0.15, 0.2) is 0 Å². The number of rotatable bonds is 9. The lowest BCUT2D eigenvalue weighted by molar-refractivity contribution is -0.149. The molecule has 0 heterocycles. The molecule has 4 aliphatic rings. The Balaban J connectivity index is 1.46. The van der Waals surface area contributed by atoms with Crippen LogP contribution in [0.2, 0.25) is 0 Å². The van der Waals surface area contributed by atoms with Gasteiger partial charge in [-0.3, -0.25) is 14.2 Å². The minimum atomic E-state index is -4.13. The Morgan fingerprint density at radius 3 is 2.26 bits per heavy atom. The molecule has 4 fully saturated rings. The fourth-order valence-corrected chi connectivity index (χ4v) is 10.9. The van der Waals surface area contributed by atoms with E-state index in [0.717, 1.165) is 38.5 Å². The second kappa shape index (κ2) is 11.6. The summed E-state index contributed by atoms with van der Waals surface area (Å²) in [6, 6.07) is -0.978. The van der Waals surface area contributed by atoms with Crippen LogP contribution in [0.1, 0.15) is 106 Å². The van der Waals surface area contributed by atoms with Crippen LogP contribution >= 0.6 is 7.52 Å². The first-order valence-corrected chi connectivity index (χ1v) is 16.8. The Morgan fingerprint density at radius 1 is 0.949 bits per heavy atom. The number of esters is 1. The first-order chi connectivity index (χ1) is 18.2. The van der Waals surface area contributed by atoms with Crippen molar-refractivity contribution in [1.82, 2.24) is 5.09 Å². The van der Waals surface area contributed by atoms with Gasteiger partial charge in [0.25, 0.3) is 0 Å². The fourth-order valence-electron chi connectivity index (χ4n) is 9.17. The molecular weight excluding hydrogens is 517 g/mol. The number of fused-ring (bicyclic) bond motifs is 5. The third-order valence-corrected chi connectivity index (χ3v) is 12.9. The van der Waals surface area contributed by atoms with Crippen molar-refractivity contribution in [1.29, 1.82) is 0 Å². The summed E-state index contributed by atoms with van der Waals surface area (Å²) in [4.78, 5) is 37.7. The van der Waals surface area contributed by atoms with Gasteiger partial charge in [0.1, 0.15) is 11.8 Å². The maximum Gasteiger partial charge on any atom is 0.407 e. The van der Waals surface area contributed by atoms with Gasteiger partial charge in [0.2, 0.25) is 0 Å². The van der Waals surface area contributed by atoms with Crippen molar-refractivity contribution in [2.75, 3.05) is 6.61 Å². The van der Waals surface area contributed by atoms with Crippen LogP contribution < -0.4 is 5.09 Å². The second-order valence-electron chi connectivity index (χ2n) is 13.5. The maximum absolute atomic E-state index is 13.8. The van der Waals surface area contributed by atoms with Crippen molar-refractivity contribution in [2.45, 2.75) is 125 Å². The number of carbonyl (C=O) groups is 3. The Hall–Kier alpha value is -1.24. The third kappa shape index (κ3) is 5.77. The average molecular weight is 568 g/mol. The molecule has 0 aromatic heterocycles. The highest BCUT2D eigenvalue weighted by Gasteiger charge is 2.61. The van der Waals surface area contributed by atoms with Crippen molar-refractivity contribution >= 4 is 25.0 Å². The third-order valence-electron chi connectivity index (χ3n) is 11.0. The Morgan fingerprint density at radius 2 is 1.62 bits per heavy atom. The largest absolute Gasteiger partial charge is 0.462 e. The number of carbonyl (C=O) groups excluding carboxylic acids is 3. The molecule has 0 aromatic rings. The van der Waals surface area contributed by atoms with Gasteiger partial charge in [-0.1, -0.05) is 13.8 Å². The minimum Gasteiger partial charge on any atom is -0.462 e. The molecule has 1 N–H and O–H groups in total. The molecule has 0 bridgehead atoms. The van der Waals surface area contributed by atoms with Crippen LogP contribution in [-0.2, 0) is 28.2 Å². The van der Waals surface area contributed by atoms with E-state index in [9.17, 15) is 18.9 Å². The fraction of sp³-hybridized carbons (Fsp3) is 0.900. The molecule has 0 spiro atoms. The van der Waals surface area contributed by atoms with Crippen molar-refractivity contribution in [2.24, 2.45) is 40.4 Å². The van der Waals surface area contributed by atoms with E-state index in [1.807, 2.05) is 0 Å². The Kier molecular flexibility index (Phi) is 9.11. The lowest BCUT2D eigenvalue weighted by atomic mass is 9.44. The summed E-state index contributed by atoms with van der Waals surface area (Å²) in [7, 11) is -4.13. The van der Waals surface area contributed by atoms with E-state index in [0.29, 0.717) is 35.9 Å². The molecule has 8 nitrogen and oxygen atoms in total. The lowest BCUT2D eigenvalue weighted by Gasteiger charge is -2.61. The molecule has 0 unspecified atom stereocenters. The number of hydrogen-bond acceptors (Lipinski definition) is 7. The van der Waals surface area contributed by atoms with Crippen molar-refractivity contribution in [3.05, 3.63) is 0 Å². The second-order valence-corrected chi connectivity index (χ2v) is 15.5. The molecule has 39 heavy (non-hydrogen) atoms. The van der Waals surface area contributed by atoms with Crippen molar-refractivity contribution in [3.8, 4) is 0 Å². The molecule has 222 valence electrons. The highest BCUT2D eigenvalue weighted by Crippen LogP contribution is 2.68. The van der Waals surface area contributed by atoms with E-state index in [1.165, 1.54) is 19.8 Å². The van der Waals surface area contributed by atoms with E-state index < -0.39 is 25.2 Å². The lowest BCUT2D eigenvalue weighted by Crippen LogP contribution is -2.54. The highest BCUT2D eigenvalue weighted by atomic mass is 31.2. The number of hydrogen-bond donors (Lipinski definition) is 1. The van der Waals surface area contributed by atoms with Gasteiger partial charge >= 0.3 is 19.2 Å². The summed E-state index contributed by atoms with van der Waals surface area (Å²) in [5.74, 6) is 2.32. The molecule has 9 heteroatoms. The summed E-state index contributed by atoms with van der Waals surface area (Å²) >= 11 is 0. The van der Waals surface area contributed by atoms with Crippen molar-refractivity contribution < 1.29 is 32.9 Å². The number of ether oxygens (including phenoxy) is 2. The monoisotopic (exact) mass is 567 g/mol. The molecule has 0 aromatic carbocycles. The first-order valence-electron chi connectivity index (χ1n) is 15.2. The highest BCUT2D eigenvalue weighted by molar-refractivity contribution is 7.73. The molecule has 0 radical (unpaired) electrons. The van der Waals surface area contributed by atoms with Crippen LogP contribution in [0.3, 0.4) is 0 Å². The van der Waals surface area contributed by atoms with E-state index in [-0.39, 0.29) is 35.6 Å². The molecule has 4 rings (SSSR count). The SMILES string of the molecule is CCOC(=O)[P@@](=O)(N[C@@H](C)C(=O)OC(C)C)O[C@@H]1CC[C@@]2(C)[C@@H](CC[C@@H]3[C@@H]2CC[C@]2(C)[C@@H](C(C)=O)CC[C@@H]32)C1. The topological polar surface area (TPSA) is 108 Å². The van der Waals surface area contributed by atoms with Gasteiger partial charge in [-0.25, -0.2) is 9.88 Å². The van der Waals surface area contributed by atoms with E-state index >= 15 is 0 Å². The maximum atomic E-state index is 13.8. The van der Waals surface area contributed by atoms with E-state index in [1.54, 1.807) is 27.7 Å². The minimum absolute atomic E-state index is 0.0672. The summed E-state index contributed by atoms with van der Waals surface area (Å²) in [6.45, 7) is 13.3. The summed E-state index contributed by atoms with van der Waals surface area (Å²) in [5.41, 5.74) is -0.630. The zero-order valence-electron chi connectivity index (χ0n) is 25.0. The van der Waals surface area contributed by atoms with Crippen LogP contribution in [0.15, 0.2) is 0 Å². The molecule has 4 saturated carbocycles. The van der Waals surface area contributed by atoms with Crippen molar-refractivity contribution in [3.63, 3.8) is 0 Å². The first kappa shape index (κ1) is 30.7. The number of ketones is 1. The van der Waals surface area contributed by atoms with Crippen LogP contribution in [0, 0.1) is 40.4 Å². The Labute approximate surface area is 234 Å². The average Bonchev–Trinajstić information content (AvgIpc) is 3.21. The predicted octanol–water partition coefficient (Wildman–Crippen LogP) is 6.90. The normalized spacial score (nSPS) is 40.0. The van der Waals surface area contributed by atoms with Crippen LogP contribution in [-0.4, -0.2) is 42.3 Å². The summed E-state index contributed by atoms with van der Waals surface area (Å²) in [6.07, 6.45) is 8.47. The molecule has 0 saturated heterocycles. The van der Waals surface area contributed by atoms with E-state index in [4.69, 9.17) is 14.0 Å². The predicted molar refractivity (Wildman–Crippen MR) is 149 cm³/mol. The van der Waals surface area contributed by atoms with Gasteiger partial charge in [0.05, 0.1) is 18.8 Å². The van der Waals surface area contributed by atoms with E-state index in [2.05, 4.69) is 18.9 Å². The Bertz CT molecular complexity index is 1000. The smallest absolute Gasteiger partial charge is 0.407 e. The van der Waals surface area contributed by atoms with Crippen LogP contribution in [0.5, 0.6) is 0 Å². The molecule has 10 atom stereocenters. The zero-order valence-corrected chi connectivity index (χ0v) is 25.9. The van der Waals surface area contributed by atoms with Gasteiger partial charge < -0.3 is 14.0 Å². The van der Waals surface area contributed by atoms with Crippen LogP contribution in [0.25, 0.3) is 0 Å². The number of nitrogens with one attached hydrogen (secondary N) is 1. The van der Waals surface area contributed by atoms with Gasteiger partial charge in [0, 0.05) is 5.92 Å². The molecule has 4 aliphatic carbocycles. The standard InChI is InChI=1S/C30H50NO7P/c1-8-36-28(34)39(35,31-19(4)27(33)37-18(2)3)38-22-13-15-29(6)21(17-22)9-10-23-25-12-11-24(20(5)32)30(25,7)16-14-26(23)29/h18-19,21-26H,8-17H2,1-7H3,(H,31,35)/t19-,21-,22+,23-,24+,25-,26-,29-,30+,39-/m0/s1. The quantitative estimate of drug-likeness (QED) is 0.237. The van der Waals surface area contributed by atoms with Gasteiger partial charge in [-0.05, 0) is 127 Å². The van der Waals surface area contributed by atoms with Gasteiger partial charge in [-0.2, -0.15) is 0 Å². The van der Waals surface area contributed by atoms with Gasteiger partial charge in [-0.15, -0.1) is 0 Å². The van der Waals surface area contributed by atoms with Crippen LogP contribution in [0.4, 0.5) is 4.79 Å². The zero-order chi connectivity index (χ0) is 28.8. The number of Topliss-reactive ketones (excluding diaryl/α,β-unsaturated/α-hetero) is 1. The summed E-state index contributed by atoms with van der Waals surface area (Å²) in [5, 5.41) is 2.66. The summed E-state index contributed by atoms with van der Waals surface area (Å²) < 4.78 is 30.3. The molecule has 0 aliphatic heterocycles. The molecule has 0 amide bonds. The molecular formula is C30H50NO7P.